The number of nitrogens with one attached hydrogen (secondary N) is 1. The number of hydrogen-bond acceptors (Lipinski definition) is 8. The summed E-state index contributed by atoms with van der Waals surface area (Å²) < 4.78 is 7.65. The fraction of sp³-hybridized carbons (Fsp3) is 0.438. The lowest BCUT2D eigenvalue weighted by molar-refractivity contribution is -0.114. The summed E-state index contributed by atoms with van der Waals surface area (Å²) in [4.78, 5) is 24.7. The van der Waals surface area contributed by atoms with Gasteiger partial charge in [-0.15, -0.1) is 16.4 Å². The van der Waals surface area contributed by atoms with Crippen molar-refractivity contribution in [2.75, 3.05) is 32.1 Å². The molecule has 1 saturated heterocycles. The first-order valence-corrected chi connectivity index (χ1v) is 19.9. The molecule has 2 N–H and O–H groups in total. The van der Waals surface area contributed by atoms with E-state index in [1.807, 2.05) is 42.5 Å². The molecule has 1 aromatic carbocycles. The van der Waals surface area contributed by atoms with E-state index in [1.165, 1.54) is 18.3 Å². The molecule has 1 amide bonds. The van der Waals surface area contributed by atoms with Crippen molar-refractivity contribution in [3.63, 3.8) is 0 Å². The molecule has 4 aromatic rings. The molecule has 5 rings (SSSR count). The highest BCUT2D eigenvalue weighted by molar-refractivity contribution is 7.19. The fourth-order valence-corrected chi connectivity index (χ4v) is 7.59. The largest absolute Gasteiger partial charge is 0.380 e. The first kappa shape index (κ1) is 32.5. The molecule has 9 nitrogen and oxygen atoms in total. The van der Waals surface area contributed by atoms with Crippen molar-refractivity contribution in [2.45, 2.75) is 57.8 Å². The quantitative estimate of drug-likeness (QED) is 0.139. The lowest BCUT2D eigenvalue weighted by Crippen LogP contribution is -2.43. The molecule has 234 valence electrons. The third-order valence-corrected chi connectivity index (χ3v) is 11.2. The molecule has 4 heterocycles. The summed E-state index contributed by atoms with van der Waals surface area (Å²) in [6, 6.07) is 14.4. The summed E-state index contributed by atoms with van der Waals surface area (Å²) in [6.45, 7) is 11.2. The highest BCUT2D eigenvalue weighted by Crippen LogP contribution is 2.49. The van der Waals surface area contributed by atoms with Crippen LogP contribution in [0.15, 0.2) is 55.0 Å². The van der Waals surface area contributed by atoms with E-state index in [-0.39, 0.29) is 11.8 Å². The number of piperidine rings is 1. The van der Waals surface area contributed by atoms with Crippen LogP contribution in [0.5, 0.6) is 0 Å². The number of halogens is 1. The Labute approximate surface area is 269 Å². The number of anilines is 1. The van der Waals surface area contributed by atoms with Gasteiger partial charge in [0.1, 0.15) is 24.5 Å². The number of thiophene rings is 1. The molecule has 1 fully saturated rings. The van der Waals surface area contributed by atoms with Gasteiger partial charge in [0.25, 0.3) is 0 Å². The van der Waals surface area contributed by atoms with E-state index in [9.17, 15) is 9.90 Å². The Kier molecular flexibility index (Phi) is 10.0. The summed E-state index contributed by atoms with van der Waals surface area (Å²) in [5, 5.41) is 21.2. The third kappa shape index (κ3) is 7.64. The van der Waals surface area contributed by atoms with Gasteiger partial charge in [-0.1, -0.05) is 43.4 Å². The summed E-state index contributed by atoms with van der Waals surface area (Å²) in [5.74, 6) is 0.762. The first-order chi connectivity index (χ1) is 20.9. The molecular formula is C32H41ClN6O3SSi. The molecule has 1 aliphatic rings. The van der Waals surface area contributed by atoms with Crippen LogP contribution >= 0.6 is 22.9 Å². The second-order valence-electron chi connectivity index (χ2n) is 12.8. The van der Waals surface area contributed by atoms with Crippen LogP contribution < -0.4 is 5.32 Å². The molecule has 3 aromatic heterocycles. The summed E-state index contributed by atoms with van der Waals surface area (Å²) in [7, 11) is 0.909. The van der Waals surface area contributed by atoms with Crippen molar-refractivity contribution >= 4 is 42.7 Å². The second kappa shape index (κ2) is 13.6. The third-order valence-electron chi connectivity index (χ3n) is 8.04. The van der Waals surface area contributed by atoms with Gasteiger partial charge in [0.15, 0.2) is 5.82 Å². The Morgan fingerprint density at radius 3 is 2.57 bits per heavy atom. The Morgan fingerprint density at radius 1 is 1.16 bits per heavy atom. The molecule has 0 aliphatic carbocycles. The number of carbonyl (C=O) groups excluding carboxylic acids is 1. The number of aliphatic hydroxyl groups is 1. The van der Waals surface area contributed by atoms with E-state index in [2.05, 4.69) is 41.9 Å². The fourth-order valence-electron chi connectivity index (χ4n) is 5.55. The molecule has 1 unspecified atom stereocenters. The SMILES string of the molecule is CC(=O)Nc1cc(-c2cc(C(O)(c3ccc(Cl)cc3)C3CCN(C)CC3)c(-c3ncn(COCC[Si](C)(C)C)n3)s2)ccn1. The van der Waals surface area contributed by atoms with Crippen LogP contribution in [0.25, 0.3) is 21.1 Å². The average Bonchev–Trinajstić information content (AvgIpc) is 3.63. The van der Waals surface area contributed by atoms with Crippen molar-refractivity contribution in [1.29, 1.82) is 0 Å². The Morgan fingerprint density at radius 2 is 1.89 bits per heavy atom. The predicted octanol–water partition coefficient (Wildman–Crippen LogP) is 6.57. The molecule has 0 spiro atoms. The highest BCUT2D eigenvalue weighted by atomic mass is 35.5. The van der Waals surface area contributed by atoms with Gasteiger partial charge >= 0.3 is 0 Å². The minimum atomic E-state index is -1.32. The number of nitrogens with zero attached hydrogens (tertiary/aromatic N) is 5. The lowest BCUT2D eigenvalue weighted by atomic mass is 9.72. The highest BCUT2D eigenvalue weighted by Gasteiger charge is 2.44. The van der Waals surface area contributed by atoms with Crippen molar-refractivity contribution in [1.82, 2.24) is 24.6 Å². The van der Waals surface area contributed by atoms with Crippen molar-refractivity contribution in [2.24, 2.45) is 5.92 Å². The molecule has 0 bridgehead atoms. The second-order valence-corrected chi connectivity index (χ2v) is 19.9. The topological polar surface area (TPSA) is 105 Å². The van der Waals surface area contributed by atoms with E-state index in [0.29, 0.717) is 30.0 Å². The Hall–Kier alpha value is -2.93. The number of amides is 1. The molecule has 0 radical (unpaired) electrons. The van der Waals surface area contributed by atoms with Gasteiger partial charge in [0, 0.05) is 43.3 Å². The van der Waals surface area contributed by atoms with Crippen molar-refractivity contribution in [3.8, 4) is 21.1 Å². The van der Waals surface area contributed by atoms with Gasteiger partial charge in [-0.2, -0.15) is 0 Å². The minimum absolute atomic E-state index is 0.0413. The zero-order valence-electron chi connectivity index (χ0n) is 26.0. The van der Waals surface area contributed by atoms with Crippen LogP contribution in [-0.2, 0) is 21.9 Å². The monoisotopic (exact) mass is 652 g/mol. The maximum atomic E-state index is 13.0. The van der Waals surface area contributed by atoms with E-state index < -0.39 is 13.7 Å². The number of benzene rings is 1. The average molecular weight is 653 g/mol. The van der Waals surface area contributed by atoms with E-state index in [4.69, 9.17) is 26.4 Å². The number of rotatable bonds is 11. The smallest absolute Gasteiger partial charge is 0.222 e. The normalized spacial score (nSPS) is 16.2. The molecule has 1 aliphatic heterocycles. The maximum Gasteiger partial charge on any atom is 0.222 e. The van der Waals surface area contributed by atoms with Crippen LogP contribution in [0.1, 0.15) is 30.9 Å². The van der Waals surface area contributed by atoms with Gasteiger partial charge in [-0.25, -0.2) is 14.6 Å². The van der Waals surface area contributed by atoms with Crippen molar-refractivity contribution in [3.05, 3.63) is 71.1 Å². The van der Waals surface area contributed by atoms with E-state index >= 15 is 0 Å². The number of hydrogen-bond donors (Lipinski definition) is 2. The van der Waals surface area contributed by atoms with Crippen LogP contribution in [0, 0.1) is 5.92 Å². The number of likely N-dealkylation sites (tertiary alicyclic amines) is 1. The number of pyridine rings is 1. The van der Waals surface area contributed by atoms with Crippen molar-refractivity contribution < 1.29 is 14.6 Å². The van der Waals surface area contributed by atoms with Gasteiger partial charge < -0.3 is 20.1 Å². The minimum Gasteiger partial charge on any atom is -0.380 e. The van der Waals surface area contributed by atoms with E-state index in [1.54, 1.807) is 17.2 Å². The van der Waals surface area contributed by atoms with Crippen LogP contribution in [0.4, 0.5) is 5.82 Å². The zero-order chi connectivity index (χ0) is 31.5. The van der Waals surface area contributed by atoms with E-state index in [0.717, 1.165) is 58.4 Å². The number of ether oxygens (including phenoxy) is 1. The first-order valence-electron chi connectivity index (χ1n) is 15.0. The zero-order valence-corrected chi connectivity index (χ0v) is 28.6. The predicted molar refractivity (Wildman–Crippen MR) is 180 cm³/mol. The summed E-state index contributed by atoms with van der Waals surface area (Å²) in [6.07, 6.45) is 5.02. The van der Waals surface area contributed by atoms with Crippen LogP contribution in [-0.4, -0.2) is 70.5 Å². The summed E-state index contributed by atoms with van der Waals surface area (Å²) >= 11 is 7.82. The maximum absolute atomic E-state index is 13.0. The van der Waals surface area contributed by atoms with Gasteiger partial charge in [0.2, 0.25) is 5.91 Å². The van der Waals surface area contributed by atoms with Gasteiger partial charge in [-0.3, -0.25) is 4.79 Å². The molecular weight excluding hydrogens is 612 g/mol. The number of carbonyl (C=O) groups is 1. The van der Waals surface area contributed by atoms with Crippen LogP contribution in [0.3, 0.4) is 0 Å². The molecule has 0 saturated carbocycles. The number of aromatic nitrogens is 4. The molecule has 12 heteroatoms. The van der Waals surface area contributed by atoms with Gasteiger partial charge in [0.05, 0.1) is 4.88 Å². The lowest BCUT2D eigenvalue weighted by Gasteiger charge is -2.41. The Bertz CT molecular complexity index is 1580. The Balaban J connectivity index is 1.60. The van der Waals surface area contributed by atoms with Gasteiger partial charge in [-0.05, 0) is 86.4 Å². The molecule has 44 heavy (non-hydrogen) atoms. The standard InChI is InChI=1S/C32H41ClN6O3SSi/c1-22(40)36-29-18-23(10-13-34-29)28-19-27(30(43-28)31-35-20-39(37-31)21-42-16-17-44(3,4)5)32(41,24-6-8-26(33)9-7-24)25-11-14-38(2)15-12-25/h6-10,13,18-20,25,41H,11-12,14-17,21H2,1-5H3,(H,34,36,40). The molecule has 1 atom stereocenters. The van der Waals surface area contributed by atoms with Crippen LogP contribution in [0.2, 0.25) is 30.7 Å². The summed E-state index contributed by atoms with van der Waals surface area (Å²) in [5.41, 5.74) is 1.09.